The van der Waals surface area contributed by atoms with Crippen LogP contribution in [-0.2, 0) is 32.0 Å². The van der Waals surface area contributed by atoms with E-state index < -0.39 is 17.7 Å². The third-order valence-corrected chi connectivity index (χ3v) is 8.67. The van der Waals surface area contributed by atoms with E-state index in [0.717, 1.165) is 38.5 Å². The van der Waals surface area contributed by atoms with Gasteiger partial charge in [-0.05, 0) is 68.5 Å². The number of carbonyl (C=O) groups is 4. The Hall–Kier alpha value is -3.00. The van der Waals surface area contributed by atoms with Gasteiger partial charge in [0.05, 0.1) is 6.04 Å². The number of hydrogen-bond acceptors (Lipinski definition) is 5. The van der Waals surface area contributed by atoms with Gasteiger partial charge in [0, 0.05) is 18.0 Å². The van der Waals surface area contributed by atoms with E-state index in [1.807, 2.05) is 33.9 Å². The van der Waals surface area contributed by atoms with E-state index in [4.69, 9.17) is 5.73 Å². The van der Waals surface area contributed by atoms with E-state index in [9.17, 15) is 19.2 Å². The summed E-state index contributed by atoms with van der Waals surface area (Å²) in [6.45, 7) is 11.8. The maximum atomic E-state index is 12.0. The molecule has 3 unspecified atom stereocenters. The monoisotopic (exact) mass is 612 g/mol. The van der Waals surface area contributed by atoms with Crippen LogP contribution in [0.4, 0.5) is 0 Å². The standard InChI is InChI=1S/C14H24N2O3.C13H17N.C7H13NO.C2H6/c1-3-4-5-9(2)14(19)16-11(8-10-6-7-10)12(17)13(15)18;1-3-13(14-2)12-8-10-6-4-5-7-11(10)9-12;9-6-8-7-4-2-1-3-5-7;1-2/h9-11H,3-8H2,1-2H3,(H2,15,18)(H,16,19);3-7,12-14H,1,8-9H2,2H3;6-7H,1-5H2,(H,8,9);1-2H3. The van der Waals surface area contributed by atoms with Crippen molar-refractivity contribution in [2.24, 2.45) is 23.5 Å². The van der Waals surface area contributed by atoms with Crippen LogP contribution in [0.15, 0.2) is 36.9 Å². The van der Waals surface area contributed by atoms with Crippen LogP contribution < -0.4 is 21.7 Å². The molecular weight excluding hydrogens is 552 g/mol. The van der Waals surface area contributed by atoms with Gasteiger partial charge in [0.2, 0.25) is 18.1 Å². The number of benzene rings is 1. The molecule has 8 nitrogen and oxygen atoms in total. The molecule has 1 aromatic rings. The minimum absolute atomic E-state index is 0.137. The predicted molar refractivity (Wildman–Crippen MR) is 180 cm³/mol. The molecule has 0 spiro atoms. The fourth-order valence-electron chi connectivity index (χ4n) is 5.80. The van der Waals surface area contributed by atoms with Crippen LogP contribution >= 0.6 is 0 Å². The lowest BCUT2D eigenvalue weighted by Gasteiger charge is -2.19. The Morgan fingerprint density at radius 3 is 2.07 bits per heavy atom. The molecule has 0 saturated heterocycles. The van der Waals surface area contributed by atoms with Crippen LogP contribution in [0.25, 0.3) is 0 Å². The zero-order valence-electron chi connectivity index (χ0n) is 28.0. The van der Waals surface area contributed by atoms with Crippen LogP contribution in [0.3, 0.4) is 0 Å². The average molecular weight is 613 g/mol. The number of unbranched alkanes of at least 4 members (excludes halogenated alkanes) is 1. The number of nitrogens with two attached hydrogens (primary N) is 1. The van der Waals surface area contributed by atoms with Gasteiger partial charge in [-0.25, -0.2) is 0 Å². The lowest BCUT2D eigenvalue weighted by molar-refractivity contribution is -0.139. The van der Waals surface area contributed by atoms with E-state index in [0.29, 0.717) is 30.3 Å². The molecule has 0 aromatic heterocycles. The van der Waals surface area contributed by atoms with Gasteiger partial charge in [0.1, 0.15) is 0 Å². The van der Waals surface area contributed by atoms with Crippen molar-refractivity contribution >= 4 is 24.0 Å². The summed E-state index contributed by atoms with van der Waals surface area (Å²) in [5, 5.41) is 8.80. The first-order chi connectivity index (χ1) is 21.2. The Kier molecular flexibility index (Phi) is 20.0. The van der Waals surface area contributed by atoms with Crippen molar-refractivity contribution in [3.8, 4) is 0 Å². The zero-order chi connectivity index (χ0) is 32.9. The number of hydrogen-bond donors (Lipinski definition) is 4. The number of primary amides is 1. The quantitative estimate of drug-likeness (QED) is 0.127. The number of fused-ring (bicyclic) bond motifs is 1. The molecule has 1 aromatic carbocycles. The van der Waals surface area contributed by atoms with E-state index in [1.165, 1.54) is 56.1 Å². The van der Waals surface area contributed by atoms with Crippen molar-refractivity contribution in [1.29, 1.82) is 0 Å². The molecule has 5 N–H and O–H groups in total. The van der Waals surface area contributed by atoms with Gasteiger partial charge in [0.15, 0.2) is 0 Å². The normalized spacial score (nSPS) is 17.8. The van der Waals surface area contributed by atoms with Crippen LogP contribution in [-0.4, -0.2) is 49.2 Å². The van der Waals surface area contributed by atoms with Crippen LogP contribution in [0.2, 0.25) is 0 Å². The predicted octanol–water partition coefficient (Wildman–Crippen LogP) is 5.42. The van der Waals surface area contributed by atoms with Gasteiger partial charge in [-0.15, -0.1) is 6.58 Å². The summed E-state index contributed by atoms with van der Waals surface area (Å²) >= 11 is 0. The molecule has 0 radical (unpaired) electrons. The zero-order valence-corrected chi connectivity index (χ0v) is 28.0. The van der Waals surface area contributed by atoms with E-state index >= 15 is 0 Å². The Labute approximate surface area is 266 Å². The van der Waals surface area contributed by atoms with Crippen molar-refractivity contribution in [2.45, 2.75) is 129 Å². The first kappa shape index (κ1) is 39.0. The van der Waals surface area contributed by atoms with Crippen LogP contribution in [0.1, 0.15) is 109 Å². The molecule has 0 bridgehead atoms. The fourth-order valence-corrected chi connectivity index (χ4v) is 5.80. The molecule has 248 valence electrons. The summed E-state index contributed by atoms with van der Waals surface area (Å²) in [5.41, 5.74) is 8.05. The minimum Gasteiger partial charge on any atom is -0.363 e. The summed E-state index contributed by atoms with van der Waals surface area (Å²) in [4.78, 5) is 44.6. The summed E-state index contributed by atoms with van der Waals surface area (Å²) in [5.74, 6) is -0.805. The number of amides is 3. The Bertz CT molecular complexity index is 979. The minimum atomic E-state index is -0.966. The largest absolute Gasteiger partial charge is 0.363 e. The maximum absolute atomic E-state index is 12.0. The number of carbonyl (C=O) groups excluding carboxylic acids is 4. The topological polar surface area (TPSA) is 130 Å². The summed E-state index contributed by atoms with van der Waals surface area (Å²) in [6.07, 6.45) is 16.9. The lowest BCUT2D eigenvalue weighted by Crippen LogP contribution is -2.47. The Morgan fingerprint density at radius 1 is 1.02 bits per heavy atom. The third kappa shape index (κ3) is 14.7. The average Bonchev–Trinajstić information content (AvgIpc) is 3.76. The first-order valence-electron chi connectivity index (χ1n) is 16.9. The fraction of sp³-hybridized carbons (Fsp3) is 0.667. The maximum Gasteiger partial charge on any atom is 0.287 e. The smallest absolute Gasteiger partial charge is 0.287 e. The summed E-state index contributed by atoms with van der Waals surface area (Å²) in [6, 6.07) is 8.93. The lowest BCUT2D eigenvalue weighted by atomic mass is 9.96. The molecule has 3 aliphatic rings. The molecule has 0 aliphatic heterocycles. The van der Waals surface area contributed by atoms with Crippen LogP contribution in [0, 0.1) is 17.8 Å². The molecule has 4 rings (SSSR count). The van der Waals surface area contributed by atoms with Crippen molar-refractivity contribution in [3.63, 3.8) is 0 Å². The van der Waals surface area contributed by atoms with Gasteiger partial charge in [-0.2, -0.15) is 0 Å². The van der Waals surface area contributed by atoms with Gasteiger partial charge >= 0.3 is 0 Å². The van der Waals surface area contributed by atoms with Gasteiger partial charge in [-0.3, -0.25) is 19.2 Å². The van der Waals surface area contributed by atoms with Gasteiger partial charge in [-0.1, -0.05) is 103 Å². The number of nitrogens with one attached hydrogen (secondary N) is 3. The summed E-state index contributed by atoms with van der Waals surface area (Å²) < 4.78 is 0. The summed E-state index contributed by atoms with van der Waals surface area (Å²) in [7, 11) is 2.01. The number of Topliss-reactive ketones (excluding diaryl/α,β-unsaturated/α-hetero) is 1. The van der Waals surface area contributed by atoms with E-state index in [1.54, 1.807) is 0 Å². The second-order valence-electron chi connectivity index (χ2n) is 12.1. The SMILES string of the molecule is C=CC(NC)C1Cc2ccccc2C1.CC.CCCCC(C)C(=O)NC(CC1CC1)C(=O)C(N)=O.O=CNC1CCCCC1. The highest BCUT2D eigenvalue weighted by molar-refractivity contribution is 6.37. The molecule has 44 heavy (non-hydrogen) atoms. The number of likely N-dealkylation sites (N-methyl/N-ethyl adjacent to an activating group) is 1. The highest BCUT2D eigenvalue weighted by atomic mass is 16.2. The highest BCUT2D eigenvalue weighted by Crippen LogP contribution is 2.33. The van der Waals surface area contributed by atoms with Crippen LogP contribution in [0.5, 0.6) is 0 Å². The molecule has 3 aliphatic carbocycles. The molecule has 2 fully saturated rings. The van der Waals surface area contributed by atoms with Gasteiger partial charge in [0.25, 0.3) is 5.91 Å². The van der Waals surface area contributed by atoms with Crippen molar-refractivity contribution < 1.29 is 19.2 Å². The Balaban J connectivity index is 0.000000339. The number of rotatable bonds is 14. The first-order valence-corrected chi connectivity index (χ1v) is 16.9. The Morgan fingerprint density at radius 2 is 1.61 bits per heavy atom. The van der Waals surface area contributed by atoms with Crippen molar-refractivity contribution in [2.75, 3.05) is 7.05 Å². The van der Waals surface area contributed by atoms with Crippen molar-refractivity contribution in [3.05, 3.63) is 48.0 Å². The third-order valence-electron chi connectivity index (χ3n) is 8.67. The molecule has 8 heteroatoms. The molecule has 3 amide bonds. The van der Waals surface area contributed by atoms with E-state index in [2.05, 4.69) is 53.7 Å². The van der Waals surface area contributed by atoms with Crippen molar-refractivity contribution in [1.82, 2.24) is 16.0 Å². The molecule has 0 heterocycles. The molecule has 2 saturated carbocycles. The second-order valence-corrected chi connectivity index (χ2v) is 12.1. The second kappa shape index (κ2) is 22.5. The number of ketones is 1. The van der Waals surface area contributed by atoms with E-state index in [-0.39, 0.29) is 11.8 Å². The molecular formula is C36H60N4O4. The molecule has 3 atom stereocenters. The van der Waals surface area contributed by atoms with Gasteiger partial charge < -0.3 is 21.7 Å². The highest BCUT2D eigenvalue weighted by Gasteiger charge is 2.33.